The van der Waals surface area contributed by atoms with Gasteiger partial charge in [-0.1, -0.05) is 17.7 Å². The van der Waals surface area contributed by atoms with Crippen molar-refractivity contribution in [2.45, 2.75) is 32.4 Å². The fourth-order valence-corrected chi connectivity index (χ4v) is 2.73. The molecule has 1 aromatic heterocycles. The van der Waals surface area contributed by atoms with E-state index in [2.05, 4.69) is 10.3 Å². The Morgan fingerprint density at radius 1 is 1.48 bits per heavy atom. The largest absolute Gasteiger partial charge is 0.465 e. The molecule has 1 aromatic carbocycles. The fraction of sp³-hybridized carbons (Fsp3) is 0.400. The highest BCUT2D eigenvalue weighted by Crippen LogP contribution is 2.22. The van der Waals surface area contributed by atoms with Gasteiger partial charge in [0.1, 0.15) is 5.82 Å². The minimum absolute atomic E-state index is 0.224. The lowest BCUT2D eigenvalue weighted by atomic mass is 10.1. The lowest BCUT2D eigenvalue weighted by molar-refractivity contribution is 0.193. The molecule has 23 heavy (non-hydrogen) atoms. The third kappa shape index (κ3) is 3.62. The minimum atomic E-state index is -1.10. The van der Waals surface area contributed by atoms with Crippen molar-refractivity contribution >= 4 is 28.6 Å². The molecule has 0 saturated carbocycles. The number of halogens is 1. The topological polar surface area (TPSA) is 110 Å². The van der Waals surface area contributed by atoms with Gasteiger partial charge in [-0.25, -0.2) is 9.78 Å². The number of nitrogens with zero attached hydrogens (tertiary/aromatic N) is 2. The van der Waals surface area contributed by atoms with Crippen LogP contribution in [0.25, 0.3) is 10.9 Å². The Morgan fingerprint density at radius 2 is 2.17 bits per heavy atom. The molecule has 0 bridgehead atoms. The molecule has 2 atom stereocenters. The van der Waals surface area contributed by atoms with E-state index in [9.17, 15) is 9.59 Å². The van der Waals surface area contributed by atoms with E-state index in [4.69, 9.17) is 22.4 Å². The predicted octanol–water partition coefficient (Wildman–Crippen LogP) is 2.29. The van der Waals surface area contributed by atoms with Crippen molar-refractivity contribution < 1.29 is 9.90 Å². The van der Waals surface area contributed by atoms with Gasteiger partial charge >= 0.3 is 6.09 Å². The first kappa shape index (κ1) is 17.2. The molecule has 0 aliphatic heterocycles. The van der Waals surface area contributed by atoms with Gasteiger partial charge in [0.25, 0.3) is 5.56 Å². The summed E-state index contributed by atoms with van der Waals surface area (Å²) in [5.41, 5.74) is 6.20. The van der Waals surface area contributed by atoms with E-state index in [0.717, 1.165) is 0 Å². The van der Waals surface area contributed by atoms with Gasteiger partial charge in [-0.15, -0.1) is 0 Å². The Hall–Kier alpha value is -2.12. The number of nitrogens with one attached hydrogen (secondary N) is 1. The lowest BCUT2D eigenvalue weighted by Gasteiger charge is -2.21. The van der Waals surface area contributed by atoms with Crippen LogP contribution in [0.4, 0.5) is 4.79 Å². The van der Waals surface area contributed by atoms with Crippen LogP contribution in [0.5, 0.6) is 0 Å². The SMILES string of the molecule is CC(CCNC(=O)O)n1c([C@H](C)N)nc2cccc(Cl)c2c1=O. The summed E-state index contributed by atoms with van der Waals surface area (Å²) in [5.74, 6) is 0.451. The molecule has 2 aromatic rings. The van der Waals surface area contributed by atoms with Crippen molar-refractivity contribution in [2.24, 2.45) is 5.73 Å². The molecule has 0 radical (unpaired) electrons. The highest BCUT2D eigenvalue weighted by atomic mass is 35.5. The summed E-state index contributed by atoms with van der Waals surface area (Å²) in [6.07, 6.45) is -0.666. The fourth-order valence-electron chi connectivity index (χ4n) is 2.48. The highest BCUT2D eigenvalue weighted by molar-refractivity contribution is 6.35. The smallest absolute Gasteiger partial charge is 0.404 e. The minimum Gasteiger partial charge on any atom is -0.465 e. The molecule has 1 heterocycles. The maximum Gasteiger partial charge on any atom is 0.404 e. The average molecular weight is 339 g/mol. The summed E-state index contributed by atoms with van der Waals surface area (Å²) in [6, 6.07) is 4.37. The quantitative estimate of drug-likeness (QED) is 0.774. The normalized spacial score (nSPS) is 13.7. The number of carbonyl (C=O) groups is 1. The third-order valence-electron chi connectivity index (χ3n) is 3.59. The molecule has 0 spiro atoms. The van der Waals surface area contributed by atoms with E-state index in [1.54, 1.807) is 25.1 Å². The Kier molecular flexibility index (Phi) is 5.23. The van der Waals surface area contributed by atoms with E-state index in [0.29, 0.717) is 28.2 Å². The van der Waals surface area contributed by atoms with E-state index in [-0.39, 0.29) is 18.1 Å². The van der Waals surface area contributed by atoms with Gasteiger partial charge in [0.05, 0.1) is 22.0 Å². The molecule has 1 unspecified atom stereocenters. The molecule has 7 nitrogen and oxygen atoms in total. The lowest BCUT2D eigenvalue weighted by Crippen LogP contribution is -2.33. The number of fused-ring (bicyclic) bond motifs is 1. The first-order valence-corrected chi connectivity index (χ1v) is 7.63. The van der Waals surface area contributed by atoms with Crippen molar-refractivity contribution in [3.05, 3.63) is 39.4 Å². The van der Waals surface area contributed by atoms with Crippen LogP contribution >= 0.6 is 11.6 Å². The Morgan fingerprint density at radius 3 is 2.78 bits per heavy atom. The molecule has 4 N–H and O–H groups in total. The molecule has 8 heteroatoms. The Labute approximate surface area is 138 Å². The van der Waals surface area contributed by atoms with Crippen molar-refractivity contribution in [1.82, 2.24) is 14.9 Å². The van der Waals surface area contributed by atoms with Gasteiger partial charge in [-0.05, 0) is 32.4 Å². The molecule has 0 aliphatic carbocycles. The zero-order valence-corrected chi connectivity index (χ0v) is 13.7. The molecule has 0 aliphatic rings. The van der Waals surface area contributed by atoms with Gasteiger partial charge < -0.3 is 16.2 Å². The number of nitrogens with two attached hydrogens (primary N) is 1. The summed E-state index contributed by atoms with van der Waals surface area (Å²) < 4.78 is 1.50. The number of hydrogen-bond acceptors (Lipinski definition) is 4. The summed E-state index contributed by atoms with van der Waals surface area (Å²) >= 11 is 6.14. The van der Waals surface area contributed by atoms with Crippen LogP contribution in [-0.4, -0.2) is 27.3 Å². The molecule has 0 fully saturated rings. The molecule has 1 amide bonds. The van der Waals surface area contributed by atoms with Crippen molar-refractivity contribution in [2.75, 3.05) is 6.54 Å². The van der Waals surface area contributed by atoms with Crippen LogP contribution in [0.3, 0.4) is 0 Å². The van der Waals surface area contributed by atoms with Crippen LogP contribution in [-0.2, 0) is 0 Å². The van der Waals surface area contributed by atoms with E-state index >= 15 is 0 Å². The molecule has 124 valence electrons. The van der Waals surface area contributed by atoms with Gasteiger partial charge in [-0.3, -0.25) is 9.36 Å². The molecule has 2 rings (SSSR count). The average Bonchev–Trinajstić information content (AvgIpc) is 2.46. The Bertz CT molecular complexity index is 788. The van der Waals surface area contributed by atoms with E-state index in [1.807, 2.05) is 6.92 Å². The summed E-state index contributed by atoms with van der Waals surface area (Å²) in [6.45, 7) is 3.79. The van der Waals surface area contributed by atoms with Crippen molar-refractivity contribution in [1.29, 1.82) is 0 Å². The summed E-state index contributed by atoms with van der Waals surface area (Å²) in [7, 11) is 0. The summed E-state index contributed by atoms with van der Waals surface area (Å²) in [4.78, 5) is 27.9. The van der Waals surface area contributed by atoms with Gasteiger partial charge in [0.2, 0.25) is 0 Å². The van der Waals surface area contributed by atoms with Crippen LogP contribution < -0.4 is 16.6 Å². The number of benzene rings is 1. The van der Waals surface area contributed by atoms with Gasteiger partial charge in [-0.2, -0.15) is 0 Å². The number of amides is 1. The Balaban J connectivity index is 2.54. The second-order valence-electron chi connectivity index (χ2n) is 5.44. The maximum atomic E-state index is 12.9. The number of aromatic nitrogens is 2. The standard InChI is InChI=1S/C15H19ClN4O3/c1-8(6-7-18-15(22)23)20-13(9(2)17)19-11-5-3-4-10(16)12(11)14(20)21/h3-5,8-9,18H,6-7,17H2,1-2H3,(H,22,23)/t8?,9-/m0/s1. The van der Waals surface area contributed by atoms with Crippen LogP contribution in [0.1, 0.15) is 38.2 Å². The molecular formula is C15H19ClN4O3. The third-order valence-corrected chi connectivity index (χ3v) is 3.91. The number of hydrogen-bond donors (Lipinski definition) is 3. The second-order valence-corrected chi connectivity index (χ2v) is 5.84. The molecular weight excluding hydrogens is 320 g/mol. The van der Waals surface area contributed by atoms with Crippen LogP contribution in [0.2, 0.25) is 5.02 Å². The van der Waals surface area contributed by atoms with Crippen molar-refractivity contribution in [3.8, 4) is 0 Å². The van der Waals surface area contributed by atoms with E-state index < -0.39 is 12.1 Å². The van der Waals surface area contributed by atoms with Gasteiger partial charge in [0, 0.05) is 12.6 Å². The zero-order chi connectivity index (χ0) is 17.1. The second kappa shape index (κ2) is 6.97. The highest BCUT2D eigenvalue weighted by Gasteiger charge is 2.19. The zero-order valence-electron chi connectivity index (χ0n) is 12.9. The number of rotatable bonds is 5. The summed E-state index contributed by atoms with van der Waals surface area (Å²) in [5, 5.41) is 11.6. The molecule has 0 saturated heterocycles. The number of carboxylic acid groups (broad SMARTS) is 1. The predicted molar refractivity (Wildman–Crippen MR) is 89.0 cm³/mol. The van der Waals surface area contributed by atoms with E-state index in [1.165, 1.54) is 4.57 Å². The first-order valence-electron chi connectivity index (χ1n) is 7.26. The van der Waals surface area contributed by atoms with Crippen LogP contribution in [0.15, 0.2) is 23.0 Å². The monoisotopic (exact) mass is 338 g/mol. The first-order chi connectivity index (χ1) is 10.8. The van der Waals surface area contributed by atoms with Crippen LogP contribution in [0, 0.1) is 0 Å². The maximum absolute atomic E-state index is 12.9. The van der Waals surface area contributed by atoms with Gasteiger partial charge in [0.15, 0.2) is 0 Å². The van der Waals surface area contributed by atoms with Crippen molar-refractivity contribution in [3.63, 3.8) is 0 Å².